The van der Waals surface area contributed by atoms with Gasteiger partial charge in [0.25, 0.3) is 0 Å². The van der Waals surface area contributed by atoms with Crippen LogP contribution in [0.3, 0.4) is 0 Å². The molecule has 1 N–H and O–H groups in total. The van der Waals surface area contributed by atoms with Crippen molar-refractivity contribution in [2.24, 2.45) is 0 Å². The molecule has 0 atom stereocenters. The number of hydrogen-bond donors (Lipinski definition) is 1. The first-order valence-corrected chi connectivity index (χ1v) is 5.99. The lowest BCUT2D eigenvalue weighted by Crippen LogP contribution is -2.15. The van der Waals surface area contributed by atoms with E-state index in [-0.39, 0.29) is 17.3 Å². The van der Waals surface area contributed by atoms with Gasteiger partial charge >= 0.3 is 5.97 Å². The number of carbonyl (C=O) groups is 1. The lowest BCUT2D eigenvalue weighted by Gasteiger charge is -2.07. The van der Waals surface area contributed by atoms with Gasteiger partial charge in [-0.25, -0.2) is 4.79 Å². The summed E-state index contributed by atoms with van der Waals surface area (Å²) in [6, 6.07) is 4.84. The number of ether oxygens (including phenoxy) is 1. The first-order valence-electron chi connectivity index (χ1n) is 5.23. The first kappa shape index (κ1) is 12.9. The summed E-state index contributed by atoms with van der Waals surface area (Å²) in [7, 11) is 0. The number of pyridine rings is 1. The second-order valence-electron chi connectivity index (χ2n) is 3.53. The predicted octanol–water partition coefficient (Wildman–Crippen LogP) is 3.01. The Bertz CT molecular complexity index is 679. The van der Waals surface area contributed by atoms with E-state index in [1.165, 1.54) is 0 Å². The molecule has 0 unspecified atom stereocenters. The van der Waals surface area contributed by atoms with Crippen LogP contribution < -0.4 is 5.43 Å². The molecule has 0 spiro atoms. The van der Waals surface area contributed by atoms with Crippen molar-refractivity contribution in [3.8, 4) is 0 Å². The molecule has 0 bridgehead atoms. The molecule has 4 nitrogen and oxygen atoms in total. The molecule has 0 saturated heterocycles. The van der Waals surface area contributed by atoms with Crippen LogP contribution in [-0.4, -0.2) is 17.6 Å². The highest BCUT2D eigenvalue weighted by molar-refractivity contribution is 6.36. The highest BCUT2D eigenvalue weighted by atomic mass is 35.5. The average Bonchev–Trinajstić information content (AvgIpc) is 2.34. The van der Waals surface area contributed by atoms with Crippen molar-refractivity contribution in [3.05, 3.63) is 44.2 Å². The number of nitrogens with one attached hydrogen (secondary N) is 1. The van der Waals surface area contributed by atoms with Gasteiger partial charge in [0.05, 0.1) is 17.1 Å². The maximum absolute atomic E-state index is 12.0. The molecule has 0 amide bonds. The molecule has 2 aromatic rings. The molecule has 94 valence electrons. The van der Waals surface area contributed by atoms with Gasteiger partial charge in [-0.15, -0.1) is 0 Å². The molecule has 0 fully saturated rings. The van der Waals surface area contributed by atoms with Crippen molar-refractivity contribution in [1.29, 1.82) is 0 Å². The van der Waals surface area contributed by atoms with Gasteiger partial charge in [-0.1, -0.05) is 29.3 Å². The van der Waals surface area contributed by atoms with Crippen molar-refractivity contribution in [2.45, 2.75) is 6.92 Å². The van der Waals surface area contributed by atoms with Crippen LogP contribution in [0.2, 0.25) is 10.0 Å². The second kappa shape index (κ2) is 5.00. The summed E-state index contributed by atoms with van der Waals surface area (Å²) < 4.78 is 4.82. The summed E-state index contributed by atoms with van der Waals surface area (Å²) in [5.41, 5.74) is -0.156. The Morgan fingerprint density at radius 3 is 2.78 bits per heavy atom. The molecule has 0 aliphatic rings. The Morgan fingerprint density at radius 1 is 1.39 bits per heavy atom. The number of benzene rings is 1. The van der Waals surface area contributed by atoms with Gasteiger partial charge in [-0.2, -0.15) is 0 Å². The van der Waals surface area contributed by atoms with E-state index in [0.717, 1.165) is 0 Å². The van der Waals surface area contributed by atoms with Crippen molar-refractivity contribution in [2.75, 3.05) is 6.61 Å². The average molecular weight is 286 g/mol. The smallest absolute Gasteiger partial charge is 0.356 e. The lowest BCUT2D eigenvalue weighted by molar-refractivity contribution is 0.0520. The highest BCUT2D eigenvalue weighted by Crippen LogP contribution is 2.22. The van der Waals surface area contributed by atoms with Crippen LogP contribution in [0.4, 0.5) is 0 Å². The monoisotopic (exact) mass is 285 g/mol. The van der Waals surface area contributed by atoms with E-state index < -0.39 is 11.4 Å². The van der Waals surface area contributed by atoms with Crippen LogP contribution in [0.1, 0.15) is 17.4 Å². The number of fused-ring (bicyclic) bond motifs is 1. The number of rotatable bonds is 2. The Morgan fingerprint density at radius 2 is 2.11 bits per heavy atom. The molecular weight excluding hydrogens is 277 g/mol. The van der Waals surface area contributed by atoms with Crippen LogP contribution in [-0.2, 0) is 4.74 Å². The van der Waals surface area contributed by atoms with Gasteiger partial charge in [-0.3, -0.25) is 4.79 Å². The van der Waals surface area contributed by atoms with Crippen molar-refractivity contribution >= 4 is 40.1 Å². The number of H-pyrrole nitrogens is 1. The van der Waals surface area contributed by atoms with E-state index in [2.05, 4.69) is 4.98 Å². The van der Waals surface area contributed by atoms with Gasteiger partial charge in [0.15, 0.2) is 0 Å². The lowest BCUT2D eigenvalue weighted by atomic mass is 10.2. The van der Waals surface area contributed by atoms with Crippen LogP contribution in [0.15, 0.2) is 23.0 Å². The fourth-order valence-electron chi connectivity index (χ4n) is 1.60. The maximum atomic E-state index is 12.0. The largest absolute Gasteiger partial charge is 0.461 e. The summed E-state index contributed by atoms with van der Waals surface area (Å²) in [6.45, 7) is 1.86. The van der Waals surface area contributed by atoms with Crippen LogP contribution in [0.5, 0.6) is 0 Å². The standard InChI is InChI=1S/C12H9Cl2NO3/c1-2-18-12(17)10-8(14)11(16)6-4-3-5-7(13)9(6)15-10/h3-5H,2H2,1H3,(H,15,16). The minimum Gasteiger partial charge on any atom is -0.461 e. The molecular formula is C12H9Cl2NO3. The van der Waals surface area contributed by atoms with E-state index in [1.807, 2.05) is 0 Å². The number of aromatic nitrogens is 1. The van der Waals surface area contributed by atoms with E-state index >= 15 is 0 Å². The molecule has 6 heteroatoms. The van der Waals surface area contributed by atoms with E-state index in [9.17, 15) is 9.59 Å². The summed E-state index contributed by atoms with van der Waals surface area (Å²) in [4.78, 5) is 26.4. The SMILES string of the molecule is CCOC(=O)c1[nH]c2c(Cl)cccc2c(=O)c1Cl. The summed E-state index contributed by atoms with van der Waals surface area (Å²) in [5, 5.41) is 0.482. The minimum absolute atomic E-state index is 0.0795. The molecule has 18 heavy (non-hydrogen) atoms. The maximum Gasteiger partial charge on any atom is 0.356 e. The third-order valence-electron chi connectivity index (χ3n) is 2.41. The Hall–Kier alpha value is -1.52. The van der Waals surface area contributed by atoms with Gasteiger partial charge in [-0.05, 0) is 19.1 Å². The summed E-state index contributed by atoms with van der Waals surface area (Å²) in [5.74, 6) is -0.679. The van der Waals surface area contributed by atoms with Crippen molar-refractivity contribution in [3.63, 3.8) is 0 Å². The quantitative estimate of drug-likeness (QED) is 0.863. The number of esters is 1. The second-order valence-corrected chi connectivity index (χ2v) is 4.31. The van der Waals surface area contributed by atoms with Gasteiger partial charge < -0.3 is 9.72 Å². The number of carbonyl (C=O) groups excluding carboxylic acids is 1. The predicted molar refractivity (Wildman–Crippen MR) is 70.5 cm³/mol. The molecule has 0 aliphatic heterocycles. The minimum atomic E-state index is -0.679. The molecule has 2 rings (SSSR count). The summed E-state index contributed by atoms with van der Waals surface area (Å²) in [6.07, 6.45) is 0. The molecule has 1 heterocycles. The fourth-order valence-corrected chi connectivity index (χ4v) is 2.04. The third-order valence-corrected chi connectivity index (χ3v) is 3.08. The number of halogens is 2. The molecule has 0 aliphatic carbocycles. The van der Waals surface area contributed by atoms with E-state index in [1.54, 1.807) is 25.1 Å². The Labute approximate surface area is 112 Å². The normalized spacial score (nSPS) is 10.6. The van der Waals surface area contributed by atoms with Crippen molar-refractivity contribution < 1.29 is 9.53 Å². The molecule has 1 aromatic heterocycles. The summed E-state index contributed by atoms with van der Waals surface area (Å²) >= 11 is 11.8. The number of para-hydroxylation sites is 1. The van der Waals surface area contributed by atoms with E-state index in [4.69, 9.17) is 27.9 Å². The molecule has 0 saturated carbocycles. The van der Waals surface area contributed by atoms with Crippen LogP contribution in [0, 0.1) is 0 Å². The number of hydrogen-bond acceptors (Lipinski definition) is 3. The zero-order chi connectivity index (χ0) is 13.3. The number of aromatic amines is 1. The fraction of sp³-hybridized carbons (Fsp3) is 0.167. The Balaban J connectivity index is 2.77. The topological polar surface area (TPSA) is 59.2 Å². The van der Waals surface area contributed by atoms with Crippen molar-refractivity contribution in [1.82, 2.24) is 4.98 Å². The van der Waals surface area contributed by atoms with E-state index in [0.29, 0.717) is 15.9 Å². The Kier molecular flexibility index (Phi) is 3.59. The molecule has 0 radical (unpaired) electrons. The third kappa shape index (κ3) is 2.09. The van der Waals surface area contributed by atoms with Gasteiger partial charge in [0, 0.05) is 5.39 Å². The zero-order valence-corrected chi connectivity index (χ0v) is 10.9. The van der Waals surface area contributed by atoms with Gasteiger partial charge in [0.1, 0.15) is 10.7 Å². The van der Waals surface area contributed by atoms with Crippen LogP contribution >= 0.6 is 23.2 Å². The highest BCUT2D eigenvalue weighted by Gasteiger charge is 2.18. The first-order chi connectivity index (χ1) is 8.56. The molecule has 1 aromatic carbocycles. The van der Waals surface area contributed by atoms with Crippen LogP contribution in [0.25, 0.3) is 10.9 Å². The van der Waals surface area contributed by atoms with Gasteiger partial charge in [0.2, 0.25) is 5.43 Å². The zero-order valence-electron chi connectivity index (χ0n) is 9.42.